The van der Waals surface area contributed by atoms with E-state index in [1.807, 2.05) is 12.1 Å². The zero-order valence-corrected chi connectivity index (χ0v) is 16.2. The summed E-state index contributed by atoms with van der Waals surface area (Å²) in [6, 6.07) is 21.6. The van der Waals surface area contributed by atoms with E-state index >= 15 is 0 Å². The molecule has 0 radical (unpaired) electrons. The summed E-state index contributed by atoms with van der Waals surface area (Å²) >= 11 is 0. The van der Waals surface area contributed by atoms with Crippen molar-refractivity contribution in [1.29, 1.82) is 0 Å². The third kappa shape index (κ3) is 3.90. The molecule has 1 amide bonds. The number of rotatable bonds is 3. The number of hydrogen-bond acceptors (Lipinski definition) is 1. The van der Waals surface area contributed by atoms with Crippen LogP contribution in [-0.4, -0.2) is 23.4 Å². The van der Waals surface area contributed by atoms with E-state index in [9.17, 15) is 4.79 Å². The lowest BCUT2D eigenvalue weighted by molar-refractivity contribution is 0.0613. The molecule has 2 nitrogen and oxygen atoms in total. The topological polar surface area (TPSA) is 20.3 Å². The molecular formula is C25H27NO. The lowest BCUT2D eigenvalue weighted by Crippen LogP contribution is -2.44. The molecule has 1 atom stereocenters. The summed E-state index contributed by atoms with van der Waals surface area (Å²) in [5, 5.41) is 2.55. The van der Waals surface area contributed by atoms with Gasteiger partial charge in [0.2, 0.25) is 0 Å². The zero-order valence-electron chi connectivity index (χ0n) is 16.2. The Morgan fingerprint density at radius 1 is 0.926 bits per heavy atom. The van der Waals surface area contributed by atoms with Crippen LogP contribution in [-0.2, 0) is 6.42 Å². The minimum absolute atomic E-state index is 0.187. The lowest BCUT2D eigenvalue weighted by Gasteiger charge is -2.36. The summed E-state index contributed by atoms with van der Waals surface area (Å²) in [7, 11) is 0. The maximum Gasteiger partial charge on any atom is 0.254 e. The van der Waals surface area contributed by atoms with Crippen LogP contribution in [0.2, 0.25) is 0 Å². The molecule has 0 N–H and O–H groups in total. The summed E-state index contributed by atoms with van der Waals surface area (Å²) in [4.78, 5) is 15.4. The quantitative estimate of drug-likeness (QED) is 0.589. The molecule has 1 fully saturated rings. The summed E-state index contributed by atoms with van der Waals surface area (Å²) in [5.41, 5.74) is 4.46. The molecule has 0 bridgehead atoms. The Bertz CT molecular complexity index is 955. The maximum absolute atomic E-state index is 13.2. The molecule has 3 aromatic rings. The minimum atomic E-state index is 0.187. The van der Waals surface area contributed by atoms with Gasteiger partial charge in [0.25, 0.3) is 5.91 Å². The summed E-state index contributed by atoms with van der Waals surface area (Å²) in [5.74, 6) is 0.187. The normalized spacial score (nSPS) is 17.3. The predicted octanol–water partition coefficient (Wildman–Crippen LogP) is 5.69. The van der Waals surface area contributed by atoms with Crippen molar-refractivity contribution in [2.75, 3.05) is 6.54 Å². The zero-order chi connectivity index (χ0) is 18.8. The summed E-state index contributed by atoms with van der Waals surface area (Å²) < 4.78 is 0. The number of piperidine rings is 1. The summed E-state index contributed by atoms with van der Waals surface area (Å²) in [6.07, 6.45) is 4.32. The number of aryl methyl sites for hydroxylation is 2. The van der Waals surface area contributed by atoms with Gasteiger partial charge in [-0.2, -0.15) is 0 Å². The Morgan fingerprint density at radius 2 is 1.67 bits per heavy atom. The molecule has 1 aliphatic heterocycles. The standard InChI is InChI=1S/C25H27NO/c1-18-13-19(2)15-23(14-18)25(27)26-12-6-5-9-24(26)17-20-10-11-21-7-3-4-8-22(21)16-20/h3-4,7-8,10-11,13-16,24H,5-6,9,12,17H2,1-2H3. The van der Waals surface area contributed by atoms with Crippen LogP contribution in [0.3, 0.4) is 0 Å². The van der Waals surface area contributed by atoms with Gasteiger partial charge >= 0.3 is 0 Å². The lowest BCUT2D eigenvalue weighted by atomic mass is 9.93. The van der Waals surface area contributed by atoms with E-state index in [4.69, 9.17) is 0 Å². The van der Waals surface area contributed by atoms with Gasteiger partial charge in [-0.25, -0.2) is 0 Å². The number of amides is 1. The number of benzene rings is 3. The highest BCUT2D eigenvalue weighted by molar-refractivity contribution is 5.95. The van der Waals surface area contributed by atoms with Crippen LogP contribution in [0.5, 0.6) is 0 Å². The first-order valence-electron chi connectivity index (χ1n) is 9.97. The molecule has 4 rings (SSSR count). The van der Waals surface area contributed by atoms with Gasteiger partial charge in [-0.05, 0) is 68.0 Å². The van der Waals surface area contributed by atoms with Crippen molar-refractivity contribution in [1.82, 2.24) is 4.90 Å². The van der Waals surface area contributed by atoms with Gasteiger partial charge in [0.15, 0.2) is 0 Å². The molecule has 0 aromatic heterocycles. The van der Waals surface area contributed by atoms with Crippen LogP contribution >= 0.6 is 0 Å². The molecule has 1 heterocycles. The first-order valence-corrected chi connectivity index (χ1v) is 9.97. The second kappa shape index (κ2) is 7.56. The summed E-state index contributed by atoms with van der Waals surface area (Å²) in [6.45, 7) is 4.99. The van der Waals surface area contributed by atoms with Gasteiger partial charge in [0.1, 0.15) is 0 Å². The van der Waals surface area contributed by atoms with Gasteiger partial charge in [-0.1, -0.05) is 59.7 Å². The average molecular weight is 357 g/mol. The molecule has 1 saturated heterocycles. The fourth-order valence-electron chi connectivity index (χ4n) is 4.38. The van der Waals surface area contributed by atoms with E-state index in [0.29, 0.717) is 0 Å². The molecule has 138 valence electrons. The molecule has 27 heavy (non-hydrogen) atoms. The second-order valence-corrected chi connectivity index (χ2v) is 7.91. The molecule has 3 aromatic carbocycles. The number of nitrogens with zero attached hydrogens (tertiary/aromatic N) is 1. The van der Waals surface area contributed by atoms with Crippen LogP contribution in [0.25, 0.3) is 10.8 Å². The van der Waals surface area contributed by atoms with Crippen molar-refractivity contribution in [3.05, 3.63) is 82.9 Å². The van der Waals surface area contributed by atoms with Gasteiger partial charge in [-0.15, -0.1) is 0 Å². The van der Waals surface area contributed by atoms with Crippen LogP contribution in [0.15, 0.2) is 60.7 Å². The van der Waals surface area contributed by atoms with Crippen molar-refractivity contribution in [3.63, 3.8) is 0 Å². The van der Waals surface area contributed by atoms with Gasteiger partial charge in [0.05, 0.1) is 0 Å². The van der Waals surface area contributed by atoms with Crippen LogP contribution in [0, 0.1) is 13.8 Å². The highest BCUT2D eigenvalue weighted by atomic mass is 16.2. The Labute approximate surface area is 161 Å². The molecule has 2 heteroatoms. The van der Waals surface area contributed by atoms with Crippen LogP contribution in [0.1, 0.15) is 46.3 Å². The fourth-order valence-corrected chi connectivity index (χ4v) is 4.38. The third-order valence-corrected chi connectivity index (χ3v) is 5.64. The first kappa shape index (κ1) is 17.8. The van der Waals surface area contributed by atoms with Gasteiger partial charge in [0, 0.05) is 18.2 Å². The maximum atomic E-state index is 13.2. The molecule has 1 unspecified atom stereocenters. The van der Waals surface area contributed by atoms with Crippen molar-refractivity contribution in [3.8, 4) is 0 Å². The third-order valence-electron chi connectivity index (χ3n) is 5.64. The van der Waals surface area contributed by atoms with Crippen LogP contribution in [0.4, 0.5) is 0 Å². The van der Waals surface area contributed by atoms with Crippen molar-refractivity contribution >= 4 is 16.7 Å². The van der Waals surface area contributed by atoms with E-state index in [1.54, 1.807) is 0 Å². The van der Waals surface area contributed by atoms with E-state index in [1.165, 1.54) is 22.8 Å². The van der Waals surface area contributed by atoms with Gasteiger partial charge in [-0.3, -0.25) is 4.79 Å². The largest absolute Gasteiger partial charge is 0.335 e. The molecule has 0 aliphatic carbocycles. The van der Waals surface area contributed by atoms with E-state index in [2.05, 4.69) is 67.3 Å². The van der Waals surface area contributed by atoms with Crippen molar-refractivity contribution < 1.29 is 4.79 Å². The number of hydrogen-bond donors (Lipinski definition) is 0. The molecule has 1 aliphatic rings. The van der Waals surface area contributed by atoms with E-state index in [0.717, 1.165) is 42.5 Å². The number of carbonyl (C=O) groups excluding carboxylic acids is 1. The Balaban J connectivity index is 1.58. The highest BCUT2D eigenvalue weighted by Gasteiger charge is 2.27. The van der Waals surface area contributed by atoms with Crippen molar-refractivity contribution in [2.24, 2.45) is 0 Å². The monoisotopic (exact) mass is 357 g/mol. The number of likely N-dealkylation sites (tertiary alicyclic amines) is 1. The van der Waals surface area contributed by atoms with E-state index in [-0.39, 0.29) is 11.9 Å². The first-order chi connectivity index (χ1) is 13.1. The van der Waals surface area contributed by atoms with Gasteiger partial charge < -0.3 is 4.90 Å². The smallest absolute Gasteiger partial charge is 0.254 e. The minimum Gasteiger partial charge on any atom is -0.335 e. The predicted molar refractivity (Wildman–Crippen MR) is 112 cm³/mol. The van der Waals surface area contributed by atoms with Crippen molar-refractivity contribution in [2.45, 2.75) is 45.6 Å². The second-order valence-electron chi connectivity index (χ2n) is 7.91. The number of carbonyl (C=O) groups is 1. The average Bonchev–Trinajstić information content (AvgIpc) is 2.67. The van der Waals surface area contributed by atoms with E-state index < -0.39 is 0 Å². The highest BCUT2D eigenvalue weighted by Crippen LogP contribution is 2.25. The fraction of sp³-hybridized carbons (Fsp3) is 0.320. The SMILES string of the molecule is Cc1cc(C)cc(C(=O)N2CCCCC2Cc2ccc3ccccc3c2)c1. The molecular weight excluding hydrogens is 330 g/mol. The Kier molecular flexibility index (Phi) is 4.98. The molecule has 0 spiro atoms. The molecule has 0 saturated carbocycles. The Hall–Kier alpha value is -2.61. The Morgan fingerprint density at radius 3 is 2.44 bits per heavy atom. The number of fused-ring (bicyclic) bond motifs is 1. The van der Waals surface area contributed by atoms with Crippen LogP contribution < -0.4 is 0 Å².